The van der Waals surface area contributed by atoms with Crippen molar-refractivity contribution in [3.63, 3.8) is 0 Å². The number of rotatable bonds is 5. The van der Waals surface area contributed by atoms with Gasteiger partial charge in [0.1, 0.15) is 5.82 Å². The molecule has 0 aliphatic rings. The zero-order chi connectivity index (χ0) is 12.7. The fourth-order valence-corrected chi connectivity index (χ4v) is 1.37. The highest BCUT2D eigenvalue weighted by Gasteiger charge is 2.00. The average molecular weight is 237 g/mol. The number of carbonyl (C=O) groups excluding carboxylic acids is 1. The SMILES string of the molecule is CC(=O)NCCC=Cc1ccc(F)c(CO)c1. The number of benzene rings is 1. The van der Waals surface area contributed by atoms with E-state index in [-0.39, 0.29) is 18.1 Å². The molecule has 0 saturated heterocycles. The molecule has 0 aromatic heterocycles. The van der Waals surface area contributed by atoms with E-state index in [9.17, 15) is 9.18 Å². The molecule has 1 aromatic carbocycles. The number of halogens is 1. The second kappa shape index (κ2) is 6.81. The van der Waals surface area contributed by atoms with E-state index in [1.54, 1.807) is 12.1 Å². The van der Waals surface area contributed by atoms with Crippen molar-refractivity contribution in [3.8, 4) is 0 Å². The summed E-state index contributed by atoms with van der Waals surface area (Å²) in [6.45, 7) is 1.75. The zero-order valence-electron chi connectivity index (χ0n) is 9.74. The molecule has 0 bridgehead atoms. The number of aliphatic hydroxyl groups excluding tert-OH is 1. The van der Waals surface area contributed by atoms with Gasteiger partial charge in [0, 0.05) is 19.0 Å². The molecule has 0 saturated carbocycles. The molecule has 3 nitrogen and oxygen atoms in total. The number of hydrogen-bond donors (Lipinski definition) is 2. The minimum absolute atomic E-state index is 0.0530. The summed E-state index contributed by atoms with van der Waals surface area (Å²) in [5.41, 5.74) is 1.12. The maximum absolute atomic E-state index is 13.1. The number of hydrogen-bond acceptors (Lipinski definition) is 2. The van der Waals surface area contributed by atoms with Gasteiger partial charge in [-0.1, -0.05) is 18.2 Å². The van der Waals surface area contributed by atoms with E-state index in [1.807, 2.05) is 12.2 Å². The van der Waals surface area contributed by atoms with Crippen molar-refractivity contribution >= 4 is 12.0 Å². The van der Waals surface area contributed by atoms with Gasteiger partial charge in [-0.05, 0) is 24.1 Å². The maximum atomic E-state index is 13.1. The fraction of sp³-hybridized carbons (Fsp3) is 0.308. The lowest BCUT2D eigenvalue weighted by molar-refractivity contribution is -0.118. The summed E-state index contributed by atoms with van der Waals surface area (Å²) in [5, 5.41) is 11.6. The van der Waals surface area contributed by atoms with Crippen LogP contribution in [0.2, 0.25) is 0 Å². The van der Waals surface area contributed by atoms with E-state index < -0.39 is 5.82 Å². The molecule has 1 aromatic rings. The highest BCUT2D eigenvalue weighted by Crippen LogP contribution is 2.12. The molecule has 0 aliphatic carbocycles. The highest BCUT2D eigenvalue weighted by molar-refractivity contribution is 5.72. The zero-order valence-corrected chi connectivity index (χ0v) is 9.74. The van der Waals surface area contributed by atoms with E-state index in [2.05, 4.69) is 5.32 Å². The fourth-order valence-electron chi connectivity index (χ4n) is 1.37. The Labute approximate surface area is 100.0 Å². The van der Waals surface area contributed by atoms with E-state index in [4.69, 9.17) is 5.11 Å². The Morgan fingerprint density at radius 2 is 2.29 bits per heavy atom. The first-order valence-electron chi connectivity index (χ1n) is 5.43. The predicted octanol–water partition coefficient (Wildman–Crippen LogP) is 1.86. The summed E-state index contributed by atoms with van der Waals surface area (Å²) in [7, 11) is 0. The van der Waals surface area contributed by atoms with Crippen LogP contribution in [0.5, 0.6) is 0 Å². The number of nitrogens with one attached hydrogen (secondary N) is 1. The van der Waals surface area contributed by atoms with Crippen LogP contribution in [0.4, 0.5) is 4.39 Å². The van der Waals surface area contributed by atoms with Crippen molar-refractivity contribution in [2.75, 3.05) is 6.54 Å². The van der Waals surface area contributed by atoms with Gasteiger partial charge >= 0.3 is 0 Å². The van der Waals surface area contributed by atoms with E-state index in [1.165, 1.54) is 13.0 Å². The van der Waals surface area contributed by atoms with Crippen LogP contribution in [0, 0.1) is 5.82 Å². The van der Waals surface area contributed by atoms with Gasteiger partial charge in [-0.25, -0.2) is 4.39 Å². The molecular formula is C13H16FNO2. The van der Waals surface area contributed by atoms with Crippen LogP contribution in [0.25, 0.3) is 6.08 Å². The topological polar surface area (TPSA) is 49.3 Å². The Morgan fingerprint density at radius 3 is 2.94 bits per heavy atom. The molecule has 0 radical (unpaired) electrons. The van der Waals surface area contributed by atoms with Crippen molar-refractivity contribution in [3.05, 3.63) is 41.2 Å². The van der Waals surface area contributed by atoms with E-state index in [0.29, 0.717) is 13.0 Å². The summed E-state index contributed by atoms with van der Waals surface area (Å²) >= 11 is 0. The van der Waals surface area contributed by atoms with Crippen LogP contribution in [0.3, 0.4) is 0 Å². The van der Waals surface area contributed by atoms with Gasteiger partial charge in [-0.3, -0.25) is 4.79 Å². The highest BCUT2D eigenvalue weighted by atomic mass is 19.1. The van der Waals surface area contributed by atoms with E-state index >= 15 is 0 Å². The van der Waals surface area contributed by atoms with Crippen LogP contribution in [-0.4, -0.2) is 17.6 Å². The van der Waals surface area contributed by atoms with Crippen LogP contribution in [-0.2, 0) is 11.4 Å². The monoisotopic (exact) mass is 237 g/mol. The lowest BCUT2D eigenvalue weighted by atomic mass is 10.1. The Balaban J connectivity index is 2.50. The summed E-state index contributed by atoms with van der Waals surface area (Å²) in [6.07, 6.45) is 4.44. The molecule has 0 atom stereocenters. The standard InChI is InChI=1S/C13H16FNO2/c1-10(17)15-7-3-2-4-11-5-6-13(14)12(8-11)9-16/h2,4-6,8,16H,3,7,9H2,1H3,(H,15,17). The Morgan fingerprint density at radius 1 is 1.53 bits per heavy atom. The van der Waals surface area contributed by atoms with Gasteiger partial charge in [-0.15, -0.1) is 0 Å². The van der Waals surface area contributed by atoms with Gasteiger partial charge < -0.3 is 10.4 Å². The van der Waals surface area contributed by atoms with Gasteiger partial charge in [0.2, 0.25) is 5.91 Å². The van der Waals surface area contributed by atoms with Gasteiger partial charge in [0.15, 0.2) is 0 Å². The average Bonchev–Trinajstić information content (AvgIpc) is 2.30. The van der Waals surface area contributed by atoms with Crippen LogP contribution < -0.4 is 5.32 Å². The molecule has 0 fully saturated rings. The molecule has 2 N–H and O–H groups in total. The van der Waals surface area contributed by atoms with Gasteiger partial charge in [0.05, 0.1) is 6.61 Å². The third kappa shape index (κ3) is 4.78. The summed E-state index contributed by atoms with van der Waals surface area (Å²) < 4.78 is 13.1. The van der Waals surface area contributed by atoms with Crippen molar-refractivity contribution < 1.29 is 14.3 Å². The normalized spacial score (nSPS) is 10.8. The molecule has 1 rings (SSSR count). The minimum atomic E-state index is -0.400. The first-order valence-corrected chi connectivity index (χ1v) is 5.43. The Kier molecular flexibility index (Phi) is 5.36. The molecule has 4 heteroatoms. The number of amides is 1. The number of aliphatic hydroxyl groups is 1. The molecule has 17 heavy (non-hydrogen) atoms. The third-order valence-electron chi connectivity index (χ3n) is 2.24. The summed E-state index contributed by atoms with van der Waals surface area (Å²) in [4.78, 5) is 10.6. The Hall–Kier alpha value is -1.68. The van der Waals surface area contributed by atoms with Crippen molar-refractivity contribution in [2.24, 2.45) is 0 Å². The lowest BCUT2D eigenvalue weighted by Gasteiger charge is -2.01. The van der Waals surface area contributed by atoms with Gasteiger partial charge in [0.25, 0.3) is 0 Å². The van der Waals surface area contributed by atoms with E-state index in [0.717, 1.165) is 5.56 Å². The largest absolute Gasteiger partial charge is 0.392 e. The van der Waals surface area contributed by atoms with Crippen molar-refractivity contribution in [1.82, 2.24) is 5.32 Å². The van der Waals surface area contributed by atoms with Crippen molar-refractivity contribution in [2.45, 2.75) is 20.0 Å². The lowest BCUT2D eigenvalue weighted by Crippen LogP contribution is -2.20. The van der Waals surface area contributed by atoms with Gasteiger partial charge in [-0.2, -0.15) is 0 Å². The van der Waals surface area contributed by atoms with Crippen LogP contribution in [0.15, 0.2) is 24.3 Å². The smallest absolute Gasteiger partial charge is 0.216 e. The molecule has 0 spiro atoms. The third-order valence-corrected chi connectivity index (χ3v) is 2.24. The molecule has 92 valence electrons. The summed E-state index contributed by atoms with van der Waals surface area (Å²) in [5.74, 6) is -0.453. The second-order valence-corrected chi connectivity index (χ2v) is 3.68. The van der Waals surface area contributed by atoms with Crippen molar-refractivity contribution in [1.29, 1.82) is 0 Å². The number of carbonyl (C=O) groups is 1. The summed E-state index contributed by atoms with van der Waals surface area (Å²) in [6, 6.07) is 4.58. The molecular weight excluding hydrogens is 221 g/mol. The first kappa shape index (κ1) is 13.4. The second-order valence-electron chi connectivity index (χ2n) is 3.68. The molecule has 0 aliphatic heterocycles. The molecule has 0 heterocycles. The minimum Gasteiger partial charge on any atom is -0.392 e. The van der Waals surface area contributed by atoms with Crippen LogP contribution >= 0.6 is 0 Å². The molecule has 0 unspecified atom stereocenters. The Bertz CT molecular complexity index is 416. The predicted molar refractivity (Wildman–Crippen MR) is 64.7 cm³/mol. The first-order chi connectivity index (χ1) is 8.13. The van der Waals surface area contributed by atoms with Crippen LogP contribution in [0.1, 0.15) is 24.5 Å². The maximum Gasteiger partial charge on any atom is 0.216 e. The quantitative estimate of drug-likeness (QED) is 0.768. The molecule has 1 amide bonds.